The van der Waals surface area contributed by atoms with Crippen LogP contribution in [0.1, 0.15) is 56.3 Å². The molecule has 1 aromatic rings. The molecule has 1 saturated carbocycles. The Balaban J connectivity index is 1.74. The van der Waals surface area contributed by atoms with E-state index in [1.54, 1.807) is 6.07 Å². The average Bonchev–Trinajstić information content (AvgIpc) is 3.03. The largest absolute Gasteiger partial charge is 0.374 e. The zero-order valence-corrected chi connectivity index (χ0v) is 15.4. The van der Waals surface area contributed by atoms with Gasteiger partial charge in [-0.05, 0) is 33.4 Å². The zero-order chi connectivity index (χ0) is 17.5. The predicted molar refractivity (Wildman–Crippen MR) is 91.1 cm³/mol. The molecular formula is C18H29N3O3. The number of rotatable bonds is 2. The van der Waals surface area contributed by atoms with Gasteiger partial charge in [0, 0.05) is 24.1 Å². The second-order valence-corrected chi connectivity index (χ2v) is 8.23. The average molecular weight is 335 g/mol. The highest BCUT2D eigenvalue weighted by Gasteiger charge is 2.41. The lowest BCUT2D eigenvalue weighted by atomic mass is 9.86. The monoisotopic (exact) mass is 335 g/mol. The van der Waals surface area contributed by atoms with E-state index in [4.69, 9.17) is 9.26 Å². The fraction of sp³-hybridized carbons (Fsp3) is 0.778. The van der Waals surface area contributed by atoms with Crippen LogP contribution in [0.25, 0.3) is 0 Å². The number of aromatic nitrogens is 1. The van der Waals surface area contributed by atoms with Crippen molar-refractivity contribution >= 4 is 5.91 Å². The van der Waals surface area contributed by atoms with Crippen LogP contribution < -0.4 is 0 Å². The lowest BCUT2D eigenvalue weighted by molar-refractivity contribution is -0.0879. The van der Waals surface area contributed by atoms with Gasteiger partial charge in [-0.15, -0.1) is 0 Å². The van der Waals surface area contributed by atoms with Crippen molar-refractivity contribution in [1.82, 2.24) is 15.0 Å². The minimum atomic E-state index is -0.150. The summed E-state index contributed by atoms with van der Waals surface area (Å²) in [6.45, 7) is 7.38. The molecule has 0 unspecified atom stereocenters. The SMILES string of the molecule is CN(C)[C@@H]1CC[C@H]2[C@H](C1)OCCN2C(=O)c1cc(C(C)(C)C)on1. The molecule has 2 heterocycles. The first-order chi connectivity index (χ1) is 11.3. The normalized spacial score (nSPS) is 28.1. The molecule has 2 fully saturated rings. The fourth-order valence-corrected chi connectivity index (χ4v) is 3.69. The van der Waals surface area contributed by atoms with Crippen LogP contribution in [0.15, 0.2) is 10.6 Å². The highest BCUT2D eigenvalue weighted by Crippen LogP contribution is 2.32. The number of nitrogens with zero attached hydrogens (tertiary/aromatic N) is 3. The first kappa shape index (κ1) is 17.4. The van der Waals surface area contributed by atoms with E-state index in [9.17, 15) is 4.79 Å². The second kappa shape index (κ2) is 6.48. The van der Waals surface area contributed by atoms with E-state index >= 15 is 0 Å². The molecule has 0 aromatic carbocycles. The minimum absolute atomic E-state index is 0.0316. The Labute approximate surface area is 144 Å². The van der Waals surface area contributed by atoms with Crippen molar-refractivity contribution in [3.8, 4) is 0 Å². The van der Waals surface area contributed by atoms with Crippen LogP contribution in [-0.2, 0) is 10.2 Å². The minimum Gasteiger partial charge on any atom is -0.374 e. The molecule has 6 nitrogen and oxygen atoms in total. The molecule has 0 N–H and O–H groups in total. The van der Waals surface area contributed by atoms with Gasteiger partial charge in [-0.25, -0.2) is 0 Å². The summed E-state index contributed by atoms with van der Waals surface area (Å²) in [5.74, 6) is 0.711. The standard InChI is InChI=1S/C18H29N3O3/c1-18(2,3)16-11-13(19-24-16)17(22)21-8-9-23-15-10-12(20(4)5)6-7-14(15)21/h11-12,14-15H,6-10H2,1-5H3/t12-,14+,15+/m1/s1. The maximum Gasteiger partial charge on any atom is 0.276 e. The second-order valence-electron chi connectivity index (χ2n) is 8.23. The molecule has 0 radical (unpaired) electrons. The van der Waals surface area contributed by atoms with Crippen LogP contribution >= 0.6 is 0 Å². The van der Waals surface area contributed by atoms with Gasteiger partial charge in [0.2, 0.25) is 0 Å². The maximum absolute atomic E-state index is 12.9. The Morgan fingerprint density at radius 1 is 1.33 bits per heavy atom. The molecule has 3 atom stereocenters. The first-order valence-electron chi connectivity index (χ1n) is 8.83. The molecule has 134 valence electrons. The summed E-state index contributed by atoms with van der Waals surface area (Å²) in [5, 5.41) is 4.02. The van der Waals surface area contributed by atoms with E-state index < -0.39 is 0 Å². The topological polar surface area (TPSA) is 58.8 Å². The quantitative estimate of drug-likeness (QED) is 0.830. The van der Waals surface area contributed by atoms with Crippen molar-refractivity contribution in [2.75, 3.05) is 27.2 Å². The molecule has 0 bridgehead atoms. The van der Waals surface area contributed by atoms with Gasteiger partial charge in [-0.1, -0.05) is 25.9 Å². The van der Waals surface area contributed by atoms with E-state index in [0.717, 1.165) is 25.0 Å². The number of carbonyl (C=O) groups excluding carboxylic acids is 1. The number of amides is 1. The molecule has 0 spiro atoms. The molecule has 2 aliphatic rings. The van der Waals surface area contributed by atoms with E-state index in [1.165, 1.54) is 0 Å². The third kappa shape index (κ3) is 3.35. The van der Waals surface area contributed by atoms with Crippen LogP contribution in [0.2, 0.25) is 0 Å². The molecule has 1 aromatic heterocycles. The van der Waals surface area contributed by atoms with Crippen molar-refractivity contribution in [3.63, 3.8) is 0 Å². The number of ether oxygens (including phenoxy) is 1. The Hall–Kier alpha value is -1.40. The first-order valence-corrected chi connectivity index (χ1v) is 8.83. The zero-order valence-electron chi connectivity index (χ0n) is 15.4. The molecule has 1 saturated heterocycles. The predicted octanol–water partition coefficient (Wildman–Crippen LogP) is 2.30. The van der Waals surface area contributed by atoms with Crippen LogP contribution in [0.4, 0.5) is 0 Å². The summed E-state index contributed by atoms with van der Waals surface area (Å²) in [7, 11) is 4.22. The lowest BCUT2D eigenvalue weighted by Gasteiger charge is -2.46. The van der Waals surface area contributed by atoms with Gasteiger partial charge in [0.15, 0.2) is 5.69 Å². The summed E-state index contributed by atoms with van der Waals surface area (Å²) < 4.78 is 11.4. The fourth-order valence-electron chi connectivity index (χ4n) is 3.69. The Kier molecular flexibility index (Phi) is 4.71. The third-order valence-electron chi connectivity index (χ3n) is 5.25. The Morgan fingerprint density at radius 3 is 2.71 bits per heavy atom. The Morgan fingerprint density at radius 2 is 2.08 bits per heavy atom. The highest BCUT2D eigenvalue weighted by atomic mass is 16.5. The van der Waals surface area contributed by atoms with Gasteiger partial charge in [0.05, 0.1) is 18.8 Å². The third-order valence-corrected chi connectivity index (χ3v) is 5.25. The van der Waals surface area contributed by atoms with Gasteiger partial charge >= 0.3 is 0 Å². The van der Waals surface area contributed by atoms with Crippen LogP contribution in [0.5, 0.6) is 0 Å². The summed E-state index contributed by atoms with van der Waals surface area (Å²) in [4.78, 5) is 17.2. The van der Waals surface area contributed by atoms with Gasteiger partial charge in [0.1, 0.15) is 5.76 Å². The highest BCUT2D eigenvalue weighted by molar-refractivity contribution is 5.92. The summed E-state index contributed by atoms with van der Waals surface area (Å²) in [5.41, 5.74) is 0.262. The molecule has 1 aliphatic carbocycles. The summed E-state index contributed by atoms with van der Waals surface area (Å²) in [6, 6.07) is 2.47. The van der Waals surface area contributed by atoms with Gasteiger partial charge in [-0.2, -0.15) is 0 Å². The molecule has 6 heteroatoms. The number of hydrogen-bond donors (Lipinski definition) is 0. The summed E-state index contributed by atoms with van der Waals surface area (Å²) in [6.07, 6.45) is 3.17. The maximum atomic E-state index is 12.9. The van der Waals surface area contributed by atoms with E-state index in [1.807, 2.05) is 4.90 Å². The van der Waals surface area contributed by atoms with Crippen molar-refractivity contribution < 1.29 is 14.1 Å². The molecule has 1 aliphatic heterocycles. The van der Waals surface area contributed by atoms with Crippen LogP contribution in [0, 0.1) is 0 Å². The van der Waals surface area contributed by atoms with Crippen molar-refractivity contribution in [3.05, 3.63) is 17.5 Å². The number of hydrogen-bond acceptors (Lipinski definition) is 5. The van der Waals surface area contributed by atoms with Crippen molar-refractivity contribution in [1.29, 1.82) is 0 Å². The molecule has 24 heavy (non-hydrogen) atoms. The van der Waals surface area contributed by atoms with Crippen LogP contribution in [0.3, 0.4) is 0 Å². The number of fused-ring (bicyclic) bond motifs is 1. The lowest BCUT2D eigenvalue weighted by Crippen LogP contribution is -2.57. The molecule has 1 amide bonds. The van der Waals surface area contributed by atoms with Crippen LogP contribution in [-0.4, -0.2) is 66.3 Å². The van der Waals surface area contributed by atoms with Gasteiger partial charge in [-0.3, -0.25) is 4.79 Å². The molecule has 3 rings (SSSR count). The number of carbonyl (C=O) groups is 1. The van der Waals surface area contributed by atoms with Crippen molar-refractivity contribution in [2.45, 2.75) is 63.6 Å². The van der Waals surface area contributed by atoms with E-state index in [2.05, 4.69) is 44.9 Å². The van der Waals surface area contributed by atoms with E-state index in [-0.39, 0.29) is 23.5 Å². The van der Waals surface area contributed by atoms with Crippen molar-refractivity contribution in [2.24, 2.45) is 0 Å². The van der Waals surface area contributed by atoms with Gasteiger partial charge < -0.3 is 19.1 Å². The van der Waals surface area contributed by atoms with E-state index in [0.29, 0.717) is 24.9 Å². The smallest absolute Gasteiger partial charge is 0.276 e. The number of morpholine rings is 1. The van der Waals surface area contributed by atoms with Gasteiger partial charge in [0.25, 0.3) is 5.91 Å². The summed E-state index contributed by atoms with van der Waals surface area (Å²) >= 11 is 0. The Bertz CT molecular complexity index is 591. The molecular weight excluding hydrogens is 306 g/mol.